The molecule has 4 atom stereocenters. The van der Waals surface area contributed by atoms with E-state index in [1.54, 1.807) is 32.6 Å². The molecule has 4 unspecified atom stereocenters. The van der Waals surface area contributed by atoms with E-state index in [-0.39, 0.29) is 25.8 Å². The number of carbonyl (C=O) groups excluding carboxylic acids is 5. The molecule has 280 valence electrons. The molecule has 5 amide bonds. The lowest BCUT2D eigenvalue weighted by atomic mass is 10.0. The predicted octanol–water partition coefficient (Wildman–Crippen LogP) is 3.79. The highest BCUT2D eigenvalue weighted by Gasteiger charge is 2.51. The number of allylic oxidation sites excluding steroid dienone is 2. The molecule has 0 spiro atoms. The van der Waals surface area contributed by atoms with E-state index in [9.17, 15) is 32.4 Å². The first-order valence-corrected chi connectivity index (χ1v) is 19.4. The van der Waals surface area contributed by atoms with Crippen LogP contribution in [0.3, 0.4) is 0 Å². The van der Waals surface area contributed by atoms with E-state index < -0.39 is 74.5 Å². The molecule has 3 heterocycles. The van der Waals surface area contributed by atoms with Gasteiger partial charge in [-0.25, -0.2) is 18.0 Å². The summed E-state index contributed by atoms with van der Waals surface area (Å²) in [5.74, 6) is -2.11. The van der Waals surface area contributed by atoms with Crippen molar-refractivity contribution in [3.05, 3.63) is 47.5 Å². The van der Waals surface area contributed by atoms with Crippen molar-refractivity contribution in [1.29, 1.82) is 0 Å². The lowest BCUT2D eigenvalue weighted by Gasteiger charge is -2.30. The molecule has 0 radical (unpaired) electrons. The van der Waals surface area contributed by atoms with Crippen molar-refractivity contribution in [2.75, 3.05) is 6.54 Å². The number of carbonyl (C=O) groups is 5. The SMILES string of the molecule is CC(C)(C)OC(=O)NC1CCCCCC=CCCC(C(=O)NS(=O)(=O)C2(C)CC2)NC(=O)C2CC(OC(=O)N3Cc4ccccc4C3)CN2C1=O. The van der Waals surface area contributed by atoms with Crippen molar-refractivity contribution in [3.8, 4) is 0 Å². The Morgan fingerprint density at radius 1 is 0.961 bits per heavy atom. The van der Waals surface area contributed by atoms with Crippen molar-refractivity contribution in [1.82, 2.24) is 25.2 Å². The van der Waals surface area contributed by atoms with E-state index in [0.717, 1.165) is 30.4 Å². The molecule has 1 aromatic carbocycles. The van der Waals surface area contributed by atoms with Gasteiger partial charge in [-0.05, 0) is 83.8 Å². The number of benzene rings is 1. The highest BCUT2D eigenvalue weighted by Crippen LogP contribution is 2.42. The number of amides is 5. The van der Waals surface area contributed by atoms with Crippen molar-refractivity contribution in [2.24, 2.45) is 0 Å². The van der Waals surface area contributed by atoms with Gasteiger partial charge >= 0.3 is 12.2 Å². The number of nitrogens with zero attached hydrogens (tertiary/aromatic N) is 2. The Morgan fingerprint density at radius 3 is 2.27 bits per heavy atom. The fraction of sp³-hybridized carbons (Fsp3) is 0.639. The molecular formula is C36H51N5O9S. The van der Waals surface area contributed by atoms with E-state index in [2.05, 4.69) is 15.4 Å². The van der Waals surface area contributed by atoms with Crippen LogP contribution in [-0.2, 0) is 47.0 Å². The average Bonchev–Trinajstić information content (AvgIpc) is 3.47. The van der Waals surface area contributed by atoms with E-state index in [0.29, 0.717) is 38.8 Å². The number of hydrogen-bond donors (Lipinski definition) is 3. The monoisotopic (exact) mass is 729 g/mol. The third-order valence-electron chi connectivity index (χ3n) is 9.83. The number of alkyl carbamates (subject to hydrolysis) is 1. The highest BCUT2D eigenvalue weighted by atomic mass is 32.2. The molecule has 2 fully saturated rings. The van der Waals surface area contributed by atoms with Crippen LogP contribution >= 0.6 is 0 Å². The molecular weight excluding hydrogens is 678 g/mol. The highest BCUT2D eigenvalue weighted by molar-refractivity contribution is 7.91. The summed E-state index contributed by atoms with van der Waals surface area (Å²) >= 11 is 0. The van der Waals surface area contributed by atoms with Crippen LogP contribution in [0.5, 0.6) is 0 Å². The van der Waals surface area contributed by atoms with E-state index in [1.165, 1.54) is 4.90 Å². The van der Waals surface area contributed by atoms with Gasteiger partial charge in [0, 0.05) is 19.5 Å². The molecule has 0 bridgehead atoms. The normalized spacial score (nSPS) is 25.6. The summed E-state index contributed by atoms with van der Waals surface area (Å²) in [6.45, 7) is 7.30. The predicted molar refractivity (Wildman–Crippen MR) is 187 cm³/mol. The van der Waals surface area contributed by atoms with Gasteiger partial charge in [0.2, 0.25) is 21.8 Å². The Kier molecular flexibility index (Phi) is 11.7. The number of hydrogen-bond acceptors (Lipinski definition) is 9. The molecule has 1 aromatic rings. The minimum atomic E-state index is -3.98. The zero-order chi connectivity index (χ0) is 37.0. The second-order valence-corrected chi connectivity index (χ2v) is 17.4. The standard InChI is InChI=1S/C36H51N5O9S/c1-35(2,3)50-33(45)38-28-17-11-9-7-5-6-8-10-16-27(30(42)39-51(47,48)36(4)18-19-36)37-31(43)29-20-26(23-41(29)32(28)44)49-34(46)40-21-24-14-12-13-15-25(24)22-40/h6,8,12-15,26-29H,5,7,9-11,16-23H2,1-4H3,(H,37,43)(H,38,45)(H,39,42). The molecule has 0 aromatic heterocycles. The fourth-order valence-electron chi connectivity index (χ4n) is 6.56. The van der Waals surface area contributed by atoms with Gasteiger partial charge in [-0.3, -0.25) is 24.0 Å². The molecule has 51 heavy (non-hydrogen) atoms. The molecule has 1 aliphatic carbocycles. The lowest BCUT2D eigenvalue weighted by molar-refractivity contribution is -0.141. The molecule has 14 nitrogen and oxygen atoms in total. The van der Waals surface area contributed by atoms with E-state index >= 15 is 0 Å². The third kappa shape index (κ3) is 9.80. The maximum absolute atomic E-state index is 14.3. The van der Waals surface area contributed by atoms with Crippen LogP contribution in [-0.4, -0.2) is 89.2 Å². The minimum Gasteiger partial charge on any atom is -0.444 e. The molecule has 4 aliphatic rings. The summed E-state index contributed by atoms with van der Waals surface area (Å²) in [6.07, 6.45) is 6.21. The third-order valence-corrected chi connectivity index (χ3v) is 12.0. The zero-order valence-electron chi connectivity index (χ0n) is 29.9. The van der Waals surface area contributed by atoms with Gasteiger partial charge in [0.25, 0.3) is 5.91 Å². The maximum atomic E-state index is 14.3. The van der Waals surface area contributed by atoms with Crippen molar-refractivity contribution < 1.29 is 41.9 Å². The summed E-state index contributed by atoms with van der Waals surface area (Å²) in [5, 5.41) is 5.40. The lowest BCUT2D eigenvalue weighted by Crippen LogP contribution is -2.57. The summed E-state index contributed by atoms with van der Waals surface area (Å²) in [7, 11) is -3.98. The van der Waals surface area contributed by atoms with Gasteiger partial charge in [0.15, 0.2) is 0 Å². The van der Waals surface area contributed by atoms with Gasteiger partial charge in [-0.2, -0.15) is 0 Å². The number of rotatable bonds is 5. The zero-order valence-corrected chi connectivity index (χ0v) is 30.8. The first kappa shape index (κ1) is 38.1. The average molecular weight is 730 g/mol. The smallest absolute Gasteiger partial charge is 0.410 e. The summed E-state index contributed by atoms with van der Waals surface area (Å²) in [4.78, 5) is 70.8. The Bertz CT molecular complexity index is 1610. The quantitative estimate of drug-likeness (QED) is 0.380. The summed E-state index contributed by atoms with van der Waals surface area (Å²) < 4.78 is 38.3. The molecule has 3 aliphatic heterocycles. The maximum Gasteiger partial charge on any atom is 0.410 e. The Hall–Kier alpha value is -4.14. The van der Waals surface area contributed by atoms with Crippen LogP contribution in [0.25, 0.3) is 0 Å². The molecule has 3 N–H and O–H groups in total. The van der Waals surface area contributed by atoms with Gasteiger partial charge in [-0.15, -0.1) is 0 Å². The summed E-state index contributed by atoms with van der Waals surface area (Å²) in [5.41, 5.74) is 1.20. The van der Waals surface area contributed by atoms with Crippen molar-refractivity contribution in [3.63, 3.8) is 0 Å². The molecule has 15 heteroatoms. The fourth-order valence-corrected chi connectivity index (χ4v) is 7.85. The van der Waals surface area contributed by atoms with Crippen LogP contribution in [0, 0.1) is 0 Å². The van der Waals surface area contributed by atoms with Gasteiger partial charge in [0.05, 0.1) is 11.3 Å². The second kappa shape index (κ2) is 15.6. The van der Waals surface area contributed by atoms with Gasteiger partial charge in [-0.1, -0.05) is 49.3 Å². The van der Waals surface area contributed by atoms with Crippen LogP contribution in [0.1, 0.15) is 103 Å². The van der Waals surface area contributed by atoms with Crippen LogP contribution in [0.4, 0.5) is 9.59 Å². The topological polar surface area (TPSA) is 181 Å². The first-order valence-electron chi connectivity index (χ1n) is 17.9. The Morgan fingerprint density at radius 2 is 1.63 bits per heavy atom. The Balaban J connectivity index is 1.38. The number of sulfonamides is 1. The Labute approximate surface area is 300 Å². The number of nitrogens with one attached hydrogen (secondary N) is 3. The second-order valence-electron chi connectivity index (χ2n) is 15.2. The van der Waals surface area contributed by atoms with Gasteiger partial charge in [0.1, 0.15) is 29.8 Å². The van der Waals surface area contributed by atoms with Crippen molar-refractivity contribution >= 4 is 39.9 Å². The number of ether oxygens (including phenoxy) is 2. The minimum absolute atomic E-state index is 0.0616. The number of fused-ring (bicyclic) bond motifs is 2. The van der Waals surface area contributed by atoms with Crippen LogP contribution < -0.4 is 15.4 Å². The molecule has 1 saturated heterocycles. The van der Waals surface area contributed by atoms with Gasteiger partial charge < -0.3 is 25.0 Å². The first-order chi connectivity index (χ1) is 24.0. The van der Waals surface area contributed by atoms with Crippen LogP contribution in [0.2, 0.25) is 0 Å². The van der Waals surface area contributed by atoms with E-state index in [1.807, 2.05) is 36.4 Å². The molecule has 5 rings (SSSR count). The van der Waals surface area contributed by atoms with E-state index in [4.69, 9.17) is 9.47 Å². The molecule has 1 saturated carbocycles. The summed E-state index contributed by atoms with van der Waals surface area (Å²) in [6, 6.07) is 4.25. The van der Waals surface area contributed by atoms with Crippen LogP contribution in [0.15, 0.2) is 36.4 Å². The van der Waals surface area contributed by atoms with Crippen molar-refractivity contribution in [2.45, 2.75) is 140 Å². The largest absolute Gasteiger partial charge is 0.444 e.